The van der Waals surface area contributed by atoms with Gasteiger partial charge in [-0.15, -0.1) is 0 Å². The van der Waals surface area contributed by atoms with E-state index in [1.165, 1.54) is 0 Å². The Kier molecular flexibility index (Phi) is 7.51. The Bertz CT molecular complexity index is 1260. The molecule has 0 radical (unpaired) electrons. The number of likely N-dealkylation sites (tertiary alicyclic amines) is 1. The van der Waals surface area contributed by atoms with Crippen LogP contribution in [0.2, 0.25) is 0 Å². The highest BCUT2D eigenvalue weighted by Crippen LogP contribution is 2.36. The third kappa shape index (κ3) is 5.18. The summed E-state index contributed by atoms with van der Waals surface area (Å²) in [5.41, 5.74) is 2.13. The third-order valence-electron chi connectivity index (χ3n) is 7.79. The van der Waals surface area contributed by atoms with Crippen LogP contribution in [0.5, 0.6) is 5.75 Å². The molecule has 0 saturated carbocycles. The summed E-state index contributed by atoms with van der Waals surface area (Å²) in [4.78, 5) is 39.7. The fraction of sp³-hybridized carbons (Fsp3) is 0.433. The van der Waals surface area contributed by atoms with Crippen LogP contribution < -0.4 is 10.1 Å². The van der Waals surface area contributed by atoms with E-state index in [4.69, 9.17) is 4.74 Å². The van der Waals surface area contributed by atoms with Crippen molar-refractivity contribution in [2.24, 2.45) is 5.92 Å². The van der Waals surface area contributed by atoms with E-state index in [1.54, 1.807) is 7.11 Å². The first-order valence-corrected chi connectivity index (χ1v) is 13.5. The molecule has 3 heterocycles. The lowest BCUT2D eigenvalue weighted by atomic mass is 9.80. The topological polar surface area (TPSA) is 90.6 Å². The maximum Gasteiger partial charge on any atom is 0.246 e. The first-order chi connectivity index (χ1) is 18.4. The monoisotopic (exact) mass is 515 g/mol. The van der Waals surface area contributed by atoms with E-state index in [9.17, 15) is 9.59 Å². The zero-order valence-corrected chi connectivity index (χ0v) is 22.4. The minimum absolute atomic E-state index is 0.00118. The first kappa shape index (κ1) is 26.0. The quantitative estimate of drug-likeness (QED) is 0.473. The van der Waals surface area contributed by atoms with Gasteiger partial charge in [0.15, 0.2) is 0 Å². The largest absolute Gasteiger partial charge is 0.496 e. The molecular formula is C30H37N5O3. The lowest BCUT2D eigenvalue weighted by Crippen LogP contribution is -2.72. The van der Waals surface area contributed by atoms with Crippen LogP contribution in [0.4, 0.5) is 0 Å². The van der Waals surface area contributed by atoms with Crippen LogP contribution >= 0.6 is 0 Å². The molecule has 1 atom stereocenters. The highest BCUT2D eigenvalue weighted by Gasteiger charge is 2.53. The highest BCUT2D eigenvalue weighted by molar-refractivity contribution is 6.00. The van der Waals surface area contributed by atoms with Crippen molar-refractivity contribution in [1.29, 1.82) is 0 Å². The van der Waals surface area contributed by atoms with Gasteiger partial charge >= 0.3 is 0 Å². The van der Waals surface area contributed by atoms with Gasteiger partial charge in [-0.25, -0.2) is 4.98 Å². The average molecular weight is 516 g/mol. The summed E-state index contributed by atoms with van der Waals surface area (Å²) in [6.45, 7) is 6.63. The number of piperazine rings is 1. The Labute approximate surface area is 224 Å². The predicted octanol–water partition coefficient (Wildman–Crippen LogP) is 3.99. The third-order valence-corrected chi connectivity index (χ3v) is 7.79. The van der Waals surface area contributed by atoms with Crippen molar-refractivity contribution in [2.75, 3.05) is 20.2 Å². The maximum absolute atomic E-state index is 13.8. The van der Waals surface area contributed by atoms with Crippen LogP contribution in [0.1, 0.15) is 44.4 Å². The number of carbonyl (C=O) groups is 2. The number of methoxy groups -OCH3 is 1. The Morgan fingerprint density at radius 1 is 1.03 bits per heavy atom. The number of aromatic amines is 1. The number of imidazole rings is 1. The van der Waals surface area contributed by atoms with E-state index < -0.39 is 11.6 Å². The van der Waals surface area contributed by atoms with Gasteiger partial charge in [-0.1, -0.05) is 62.4 Å². The molecule has 5 rings (SSSR count). The van der Waals surface area contributed by atoms with E-state index in [0.717, 1.165) is 28.4 Å². The fourth-order valence-corrected chi connectivity index (χ4v) is 5.74. The number of H-pyrrole nitrogens is 1. The summed E-state index contributed by atoms with van der Waals surface area (Å²) in [7, 11) is 1.64. The molecule has 8 heteroatoms. The maximum atomic E-state index is 13.8. The van der Waals surface area contributed by atoms with Crippen molar-refractivity contribution in [3.8, 4) is 17.1 Å². The van der Waals surface area contributed by atoms with Gasteiger partial charge in [0.25, 0.3) is 0 Å². The molecular weight excluding hydrogens is 478 g/mol. The molecule has 1 unspecified atom stereocenters. The zero-order valence-electron chi connectivity index (χ0n) is 22.4. The van der Waals surface area contributed by atoms with Crippen molar-refractivity contribution in [3.05, 3.63) is 72.1 Å². The zero-order chi connectivity index (χ0) is 26.7. The lowest BCUT2D eigenvalue weighted by molar-refractivity contribution is -0.162. The summed E-state index contributed by atoms with van der Waals surface area (Å²) < 4.78 is 5.58. The summed E-state index contributed by atoms with van der Waals surface area (Å²) in [5, 5.41) is 3.09. The van der Waals surface area contributed by atoms with Crippen LogP contribution in [0.3, 0.4) is 0 Å². The number of ether oxygens (including phenoxy) is 1. The molecule has 2 N–H and O–H groups in total. The molecule has 2 aliphatic rings. The molecule has 3 aromatic rings. The minimum Gasteiger partial charge on any atom is -0.496 e. The highest BCUT2D eigenvalue weighted by atomic mass is 16.5. The summed E-state index contributed by atoms with van der Waals surface area (Å²) in [6, 6.07) is 17.3. The van der Waals surface area contributed by atoms with Gasteiger partial charge < -0.3 is 19.9 Å². The molecule has 38 heavy (non-hydrogen) atoms. The summed E-state index contributed by atoms with van der Waals surface area (Å²) in [6.07, 6.45) is 3.66. The van der Waals surface area contributed by atoms with Gasteiger partial charge in [0.1, 0.15) is 23.2 Å². The standard InChI is InChI=1S/C30H37N5O3/c1-21(2)17-25-28(36)35(19-23-11-7-8-12-26(23)38-3)30(29(37)33-25)13-15-34(16-14-30)20-24-18-31-27(32-24)22-9-5-4-6-10-22/h4-12,18,21,25H,13-17,19-20H2,1-3H3,(H,31,32)(H,33,37). The first-order valence-electron chi connectivity index (χ1n) is 13.5. The number of hydrogen-bond acceptors (Lipinski definition) is 5. The van der Waals surface area contributed by atoms with Gasteiger partial charge in [-0.2, -0.15) is 0 Å². The van der Waals surface area contributed by atoms with Gasteiger partial charge in [0.05, 0.1) is 13.7 Å². The predicted molar refractivity (Wildman–Crippen MR) is 146 cm³/mol. The number of para-hydroxylation sites is 1. The SMILES string of the molecule is COc1ccccc1CN1C(=O)C(CC(C)C)NC(=O)C12CCN(Cc1cnc(-c3ccccc3)[nH]1)CC2. The van der Waals surface area contributed by atoms with Crippen molar-refractivity contribution in [3.63, 3.8) is 0 Å². The van der Waals surface area contributed by atoms with Crippen LogP contribution in [0, 0.1) is 5.92 Å². The smallest absolute Gasteiger partial charge is 0.246 e. The van der Waals surface area contributed by atoms with Crippen molar-refractivity contribution < 1.29 is 14.3 Å². The van der Waals surface area contributed by atoms with E-state index in [0.29, 0.717) is 51.4 Å². The van der Waals surface area contributed by atoms with E-state index in [-0.39, 0.29) is 11.8 Å². The van der Waals surface area contributed by atoms with Gasteiger partial charge in [0, 0.05) is 42.7 Å². The van der Waals surface area contributed by atoms with Crippen LogP contribution in [-0.2, 0) is 22.7 Å². The van der Waals surface area contributed by atoms with Crippen molar-refractivity contribution in [1.82, 2.24) is 25.1 Å². The molecule has 2 aromatic carbocycles. The fourth-order valence-electron chi connectivity index (χ4n) is 5.74. The van der Waals surface area contributed by atoms with Crippen molar-refractivity contribution in [2.45, 2.75) is 57.8 Å². The molecule has 1 spiro atoms. The number of carbonyl (C=O) groups excluding carboxylic acids is 2. The second-order valence-electron chi connectivity index (χ2n) is 10.8. The number of benzene rings is 2. The Hall–Kier alpha value is -3.65. The van der Waals surface area contributed by atoms with Crippen LogP contribution in [0.15, 0.2) is 60.8 Å². The molecule has 2 fully saturated rings. The molecule has 2 amide bonds. The number of piperidine rings is 1. The molecule has 200 valence electrons. The molecule has 2 saturated heterocycles. The number of hydrogen-bond donors (Lipinski definition) is 2. The van der Waals surface area contributed by atoms with E-state index in [1.807, 2.05) is 65.7 Å². The summed E-state index contributed by atoms with van der Waals surface area (Å²) in [5.74, 6) is 1.84. The van der Waals surface area contributed by atoms with Gasteiger partial charge in [0.2, 0.25) is 11.8 Å². The normalized spacial score (nSPS) is 19.7. The van der Waals surface area contributed by atoms with Gasteiger partial charge in [-0.3, -0.25) is 14.5 Å². The number of rotatable bonds is 8. The number of aromatic nitrogens is 2. The molecule has 1 aromatic heterocycles. The van der Waals surface area contributed by atoms with Gasteiger partial charge in [-0.05, 0) is 31.2 Å². The molecule has 2 aliphatic heterocycles. The summed E-state index contributed by atoms with van der Waals surface area (Å²) >= 11 is 0. The molecule has 8 nitrogen and oxygen atoms in total. The average Bonchev–Trinajstić information content (AvgIpc) is 3.40. The lowest BCUT2D eigenvalue weighted by Gasteiger charge is -2.52. The number of amides is 2. The second kappa shape index (κ2) is 11.0. The number of nitrogens with one attached hydrogen (secondary N) is 2. The molecule has 0 aliphatic carbocycles. The van der Waals surface area contributed by atoms with Crippen LogP contribution in [0.25, 0.3) is 11.4 Å². The van der Waals surface area contributed by atoms with Crippen LogP contribution in [-0.4, -0.2) is 63.4 Å². The van der Waals surface area contributed by atoms with E-state index >= 15 is 0 Å². The number of nitrogens with zero attached hydrogens (tertiary/aromatic N) is 3. The molecule has 0 bridgehead atoms. The van der Waals surface area contributed by atoms with E-state index in [2.05, 4.69) is 34.0 Å². The minimum atomic E-state index is -0.870. The van der Waals surface area contributed by atoms with Crippen molar-refractivity contribution >= 4 is 11.8 Å². The second-order valence-corrected chi connectivity index (χ2v) is 10.8. The Morgan fingerprint density at radius 3 is 2.45 bits per heavy atom. The Balaban J connectivity index is 1.34. The Morgan fingerprint density at radius 2 is 1.74 bits per heavy atom.